The van der Waals surface area contributed by atoms with E-state index < -0.39 is 36.3 Å². The topological polar surface area (TPSA) is 117 Å². The monoisotopic (exact) mass is 564 g/mol. The highest BCUT2D eigenvalue weighted by Crippen LogP contribution is 2.33. The number of nitrogens with one attached hydrogen (secondary N) is 2. The minimum atomic E-state index is -0.940. The molecule has 1 aliphatic heterocycles. The van der Waals surface area contributed by atoms with Crippen molar-refractivity contribution in [1.82, 2.24) is 10.6 Å². The number of benzene rings is 2. The van der Waals surface area contributed by atoms with Crippen LogP contribution in [0.3, 0.4) is 0 Å². The van der Waals surface area contributed by atoms with Gasteiger partial charge < -0.3 is 30.3 Å². The van der Waals surface area contributed by atoms with Crippen molar-refractivity contribution in [3.8, 4) is 0 Å². The molecule has 2 aromatic rings. The fourth-order valence-electron chi connectivity index (χ4n) is 6.69. The third-order valence-electron chi connectivity index (χ3n) is 8.96. The van der Waals surface area contributed by atoms with Crippen LogP contribution < -0.4 is 10.6 Å². The minimum absolute atomic E-state index is 0.176. The quantitative estimate of drug-likeness (QED) is 0.325. The summed E-state index contributed by atoms with van der Waals surface area (Å²) in [6.45, 7) is 0.960. The number of hydrogen-bond acceptors (Lipinski definition) is 6. The first-order valence-electron chi connectivity index (χ1n) is 15.3. The van der Waals surface area contributed by atoms with Crippen LogP contribution in [0.5, 0.6) is 0 Å². The molecule has 2 aliphatic carbocycles. The lowest BCUT2D eigenvalue weighted by atomic mass is 9.82. The van der Waals surface area contributed by atoms with Crippen LogP contribution in [0.1, 0.15) is 74.1 Å². The predicted octanol–water partition coefficient (Wildman–Crippen LogP) is 4.22. The molecule has 1 saturated heterocycles. The molecular weight excluding hydrogens is 520 g/mol. The largest absolute Gasteiger partial charge is 0.444 e. The summed E-state index contributed by atoms with van der Waals surface area (Å²) in [6, 6.07) is 16.5. The molecule has 0 bridgehead atoms. The maximum atomic E-state index is 13.8. The Labute approximate surface area is 242 Å². The van der Waals surface area contributed by atoms with Gasteiger partial charge in [-0.1, -0.05) is 86.7 Å². The number of hydrogen-bond donors (Lipinski definition) is 4. The molecule has 2 amide bonds. The van der Waals surface area contributed by atoms with Gasteiger partial charge in [0.2, 0.25) is 5.91 Å². The lowest BCUT2D eigenvalue weighted by Crippen LogP contribution is -2.48. The van der Waals surface area contributed by atoms with Crippen molar-refractivity contribution in [3.05, 3.63) is 71.3 Å². The molecule has 8 heteroatoms. The molecule has 4 N–H and O–H groups in total. The van der Waals surface area contributed by atoms with Crippen molar-refractivity contribution >= 4 is 12.0 Å². The molecule has 6 atom stereocenters. The predicted molar refractivity (Wildman–Crippen MR) is 155 cm³/mol. The van der Waals surface area contributed by atoms with Crippen LogP contribution in [0.4, 0.5) is 4.79 Å². The average Bonchev–Trinajstić information content (AvgIpc) is 3.60. The Morgan fingerprint density at radius 3 is 2.51 bits per heavy atom. The zero-order chi connectivity index (χ0) is 28.6. The zero-order valence-corrected chi connectivity index (χ0v) is 23.8. The fourth-order valence-corrected chi connectivity index (χ4v) is 6.69. The van der Waals surface area contributed by atoms with Gasteiger partial charge in [0, 0.05) is 18.8 Å². The Hall–Kier alpha value is -2.94. The van der Waals surface area contributed by atoms with Crippen LogP contribution in [-0.4, -0.2) is 59.8 Å². The van der Waals surface area contributed by atoms with Crippen LogP contribution in [-0.2, 0) is 27.1 Å². The van der Waals surface area contributed by atoms with E-state index in [-0.39, 0.29) is 18.4 Å². The summed E-state index contributed by atoms with van der Waals surface area (Å²) < 4.78 is 10.9. The summed E-state index contributed by atoms with van der Waals surface area (Å²) in [5.41, 5.74) is 2.96. The van der Waals surface area contributed by atoms with Crippen molar-refractivity contribution in [1.29, 1.82) is 0 Å². The van der Waals surface area contributed by atoms with E-state index in [0.29, 0.717) is 44.8 Å². The number of carbonyl (C=O) groups is 2. The van der Waals surface area contributed by atoms with Crippen molar-refractivity contribution < 1.29 is 29.3 Å². The number of amides is 2. The SMILES string of the molecule is O=C(NC(CC1CCCCC1)C(O)CC(Cc1ccccc1)C(=O)N[C@H]1c2ccccc2C[C@@H]1O)OC1CCOC1. The van der Waals surface area contributed by atoms with Gasteiger partial charge in [-0.3, -0.25) is 4.79 Å². The van der Waals surface area contributed by atoms with Gasteiger partial charge in [-0.2, -0.15) is 0 Å². The third kappa shape index (κ3) is 8.09. The van der Waals surface area contributed by atoms with E-state index in [0.717, 1.165) is 42.4 Å². The summed E-state index contributed by atoms with van der Waals surface area (Å²) in [4.78, 5) is 26.6. The van der Waals surface area contributed by atoms with Crippen molar-refractivity contribution in [3.63, 3.8) is 0 Å². The molecule has 2 fully saturated rings. The maximum absolute atomic E-state index is 13.8. The van der Waals surface area contributed by atoms with Crippen molar-refractivity contribution in [2.75, 3.05) is 13.2 Å². The number of alkyl carbamates (subject to hydrolysis) is 1. The minimum Gasteiger partial charge on any atom is -0.444 e. The average molecular weight is 565 g/mol. The van der Waals surface area contributed by atoms with E-state index in [1.54, 1.807) is 0 Å². The number of ether oxygens (including phenoxy) is 2. The smallest absolute Gasteiger partial charge is 0.407 e. The Morgan fingerprint density at radius 1 is 1.00 bits per heavy atom. The van der Waals surface area contributed by atoms with Gasteiger partial charge in [0.05, 0.1) is 37.5 Å². The summed E-state index contributed by atoms with van der Waals surface area (Å²) in [7, 11) is 0. The second-order valence-electron chi connectivity index (χ2n) is 12.0. The number of carbonyl (C=O) groups excluding carboxylic acids is 2. The molecule has 1 heterocycles. The molecule has 0 aromatic heterocycles. The van der Waals surface area contributed by atoms with Gasteiger partial charge >= 0.3 is 6.09 Å². The van der Waals surface area contributed by atoms with E-state index in [2.05, 4.69) is 10.6 Å². The number of aliphatic hydroxyl groups excluding tert-OH is 2. The Balaban J connectivity index is 1.30. The van der Waals surface area contributed by atoms with Gasteiger partial charge in [-0.25, -0.2) is 4.79 Å². The molecular formula is C33H44N2O6. The van der Waals surface area contributed by atoms with Crippen LogP contribution in [0, 0.1) is 11.8 Å². The van der Waals surface area contributed by atoms with E-state index in [4.69, 9.17) is 9.47 Å². The highest BCUT2D eigenvalue weighted by atomic mass is 16.6. The molecule has 3 aliphatic rings. The third-order valence-corrected chi connectivity index (χ3v) is 8.96. The first-order valence-corrected chi connectivity index (χ1v) is 15.3. The summed E-state index contributed by atoms with van der Waals surface area (Å²) >= 11 is 0. The van der Waals surface area contributed by atoms with Crippen LogP contribution in [0.2, 0.25) is 0 Å². The van der Waals surface area contributed by atoms with E-state index in [9.17, 15) is 19.8 Å². The second kappa shape index (κ2) is 14.3. The summed E-state index contributed by atoms with van der Waals surface area (Å²) in [5.74, 6) is -0.358. The molecule has 8 nitrogen and oxygen atoms in total. The standard InChI is InChI=1S/C33H44N2O6/c36-29(28(18-23-11-5-2-6-12-23)34-33(39)41-26-15-16-40-21-26)20-25(17-22-9-3-1-4-10-22)32(38)35-31-27-14-8-7-13-24(27)19-30(31)37/h1,3-4,7-10,13-14,23,25-26,28-31,36-37H,2,5-6,11-12,15-21H2,(H,34,39)(H,35,38)/t25?,26?,28?,29?,30-,31-/m0/s1. The van der Waals surface area contributed by atoms with Crippen LogP contribution in [0.25, 0.3) is 0 Å². The lowest BCUT2D eigenvalue weighted by molar-refractivity contribution is -0.127. The normalized spacial score (nSPS) is 24.7. The lowest BCUT2D eigenvalue weighted by Gasteiger charge is -2.32. The van der Waals surface area contributed by atoms with E-state index >= 15 is 0 Å². The maximum Gasteiger partial charge on any atom is 0.407 e. The van der Waals surface area contributed by atoms with E-state index in [1.165, 1.54) is 6.42 Å². The highest BCUT2D eigenvalue weighted by molar-refractivity contribution is 5.80. The molecule has 4 unspecified atom stereocenters. The summed E-state index contributed by atoms with van der Waals surface area (Å²) in [6.07, 6.45) is 5.63. The Kier molecular flexibility index (Phi) is 10.3. The van der Waals surface area contributed by atoms with Gasteiger partial charge in [-0.15, -0.1) is 0 Å². The Bertz CT molecular complexity index is 1130. The Morgan fingerprint density at radius 2 is 1.76 bits per heavy atom. The molecule has 0 radical (unpaired) electrons. The number of rotatable bonds is 11. The second-order valence-corrected chi connectivity index (χ2v) is 12.0. The van der Waals surface area contributed by atoms with Crippen molar-refractivity contribution in [2.45, 2.75) is 94.6 Å². The van der Waals surface area contributed by atoms with Gasteiger partial charge in [0.15, 0.2) is 0 Å². The zero-order valence-electron chi connectivity index (χ0n) is 23.8. The van der Waals surface area contributed by atoms with Crippen LogP contribution in [0.15, 0.2) is 54.6 Å². The number of fused-ring (bicyclic) bond motifs is 1. The summed E-state index contributed by atoms with van der Waals surface area (Å²) in [5, 5.41) is 28.4. The molecule has 2 aromatic carbocycles. The first-order chi connectivity index (χ1) is 20.0. The van der Waals surface area contributed by atoms with Gasteiger partial charge in [-0.05, 0) is 41.9 Å². The molecule has 5 rings (SSSR count). The van der Waals surface area contributed by atoms with Crippen LogP contribution >= 0.6 is 0 Å². The molecule has 0 spiro atoms. The number of aliphatic hydroxyl groups is 2. The van der Waals surface area contributed by atoms with E-state index in [1.807, 2.05) is 54.6 Å². The molecule has 1 saturated carbocycles. The molecule has 222 valence electrons. The van der Waals surface area contributed by atoms with Gasteiger partial charge in [0.1, 0.15) is 6.10 Å². The first kappa shape index (κ1) is 29.5. The van der Waals surface area contributed by atoms with Crippen molar-refractivity contribution in [2.24, 2.45) is 11.8 Å². The highest BCUT2D eigenvalue weighted by Gasteiger charge is 2.36. The fraction of sp³-hybridized carbons (Fsp3) is 0.576. The molecule has 41 heavy (non-hydrogen) atoms. The van der Waals surface area contributed by atoms with Gasteiger partial charge in [0.25, 0.3) is 0 Å².